The number of aryl methyl sites for hydroxylation is 1. The van der Waals surface area contributed by atoms with Gasteiger partial charge in [0.05, 0.1) is 38.5 Å². The van der Waals surface area contributed by atoms with E-state index in [9.17, 15) is 9.59 Å². The first-order valence-corrected chi connectivity index (χ1v) is 15.1. The zero-order chi connectivity index (χ0) is 31.6. The minimum atomic E-state index is -0.608. The van der Waals surface area contributed by atoms with Crippen molar-refractivity contribution in [2.75, 3.05) is 66.0 Å². The fourth-order valence-corrected chi connectivity index (χ4v) is 5.84. The molecule has 2 aromatic carbocycles. The van der Waals surface area contributed by atoms with Crippen molar-refractivity contribution >= 4 is 34.8 Å². The van der Waals surface area contributed by atoms with Gasteiger partial charge in [0.2, 0.25) is 5.75 Å². The lowest BCUT2D eigenvalue weighted by atomic mass is 10.1. The van der Waals surface area contributed by atoms with Crippen molar-refractivity contribution in [3.8, 4) is 23.0 Å². The zero-order valence-corrected chi connectivity index (χ0v) is 26.4. The monoisotopic (exact) mass is 624 g/mol. The molecule has 3 aromatic rings. The standard InChI is InChI=1S/C31H40N6O6S/c1-20-10-17-44-28(20)30(39)34-23-18-21(29(38)35-31(32)33)6-8-24(23)43-16-5-11-36-12-14-37(15-13-36)19-22-7-9-25(40-2)27(42-4)26(22)41-3/h6-10,17-18H,5,11-16,19H2,1-4H3,(H,34,39)(H4,32,33,35,38). The van der Waals surface area contributed by atoms with Gasteiger partial charge >= 0.3 is 0 Å². The lowest BCUT2D eigenvalue weighted by Crippen LogP contribution is -2.46. The van der Waals surface area contributed by atoms with E-state index in [-0.39, 0.29) is 17.4 Å². The van der Waals surface area contributed by atoms with E-state index in [0.29, 0.717) is 40.2 Å². The number of amides is 2. The van der Waals surface area contributed by atoms with Crippen LogP contribution in [0.1, 0.15) is 37.6 Å². The van der Waals surface area contributed by atoms with Crippen LogP contribution in [0, 0.1) is 6.92 Å². The molecule has 13 heteroatoms. The predicted molar refractivity (Wildman–Crippen MR) is 172 cm³/mol. The summed E-state index contributed by atoms with van der Waals surface area (Å²) in [6, 6.07) is 10.5. The highest BCUT2D eigenvalue weighted by Gasteiger charge is 2.22. The Morgan fingerprint density at radius 3 is 2.27 bits per heavy atom. The molecule has 236 valence electrons. The number of thiophene rings is 1. The van der Waals surface area contributed by atoms with Gasteiger partial charge in [-0.25, -0.2) is 0 Å². The molecular formula is C31H40N6O6S. The quantitative estimate of drug-likeness (QED) is 0.147. The molecule has 0 radical (unpaired) electrons. The number of nitrogens with one attached hydrogen (secondary N) is 1. The number of benzene rings is 2. The van der Waals surface area contributed by atoms with Crippen LogP contribution in [-0.4, -0.2) is 88.2 Å². The van der Waals surface area contributed by atoms with E-state index < -0.39 is 5.91 Å². The van der Waals surface area contributed by atoms with Gasteiger partial charge in [-0.2, -0.15) is 4.99 Å². The van der Waals surface area contributed by atoms with Crippen LogP contribution < -0.4 is 35.7 Å². The number of guanidine groups is 1. The summed E-state index contributed by atoms with van der Waals surface area (Å²) in [6.45, 7) is 7.62. The fraction of sp³-hybridized carbons (Fsp3) is 0.387. The molecule has 0 atom stereocenters. The normalized spacial score (nSPS) is 13.6. The maximum atomic E-state index is 12.9. The van der Waals surface area contributed by atoms with Crippen molar-refractivity contribution in [1.29, 1.82) is 0 Å². The maximum Gasteiger partial charge on any atom is 0.280 e. The van der Waals surface area contributed by atoms with Crippen molar-refractivity contribution in [1.82, 2.24) is 9.80 Å². The number of nitrogens with zero attached hydrogens (tertiary/aromatic N) is 3. The zero-order valence-electron chi connectivity index (χ0n) is 25.6. The highest BCUT2D eigenvalue weighted by molar-refractivity contribution is 7.12. The van der Waals surface area contributed by atoms with Gasteiger partial charge in [0.15, 0.2) is 17.5 Å². The number of hydrogen-bond acceptors (Lipinski definition) is 9. The molecule has 4 rings (SSSR count). The second-order valence-electron chi connectivity index (χ2n) is 10.3. The minimum absolute atomic E-state index is 0.229. The molecule has 0 unspecified atom stereocenters. The molecule has 0 aliphatic carbocycles. The van der Waals surface area contributed by atoms with Crippen molar-refractivity contribution in [2.24, 2.45) is 16.5 Å². The first-order chi connectivity index (χ1) is 21.2. The number of aliphatic imine (C=N–C) groups is 1. The summed E-state index contributed by atoms with van der Waals surface area (Å²) in [5.41, 5.74) is 13.3. The number of ether oxygens (including phenoxy) is 4. The van der Waals surface area contributed by atoms with Gasteiger partial charge in [-0.15, -0.1) is 11.3 Å². The molecule has 1 saturated heterocycles. The smallest absolute Gasteiger partial charge is 0.280 e. The average molecular weight is 625 g/mol. The van der Waals surface area contributed by atoms with E-state index >= 15 is 0 Å². The van der Waals surface area contributed by atoms with Crippen LogP contribution in [0.4, 0.5) is 5.69 Å². The lowest BCUT2D eigenvalue weighted by Gasteiger charge is -2.35. The van der Waals surface area contributed by atoms with Gasteiger partial charge in [-0.1, -0.05) is 6.07 Å². The summed E-state index contributed by atoms with van der Waals surface area (Å²) >= 11 is 1.34. The Labute approximate surface area is 261 Å². The van der Waals surface area contributed by atoms with Crippen molar-refractivity contribution < 1.29 is 28.5 Å². The van der Waals surface area contributed by atoms with E-state index in [2.05, 4.69) is 20.1 Å². The third-order valence-electron chi connectivity index (χ3n) is 7.29. The molecular weight excluding hydrogens is 584 g/mol. The Hall–Kier alpha value is -4.33. The second kappa shape index (κ2) is 15.4. The number of piperazine rings is 1. The van der Waals surface area contributed by atoms with Crippen molar-refractivity contribution in [2.45, 2.75) is 19.9 Å². The van der Waals surface area contributed by atoms with Gasteiger partial charge in [0.25, 0.3) is 11.8 Å². The number of carbonyl (C=O) groups excluding carboxylic acids is 2. The fourth-order valence-electron chi connectivity index (χ4n) is 5.02. The predicted octanol–water partition coefficient (Wildman–Crippen LogP) is 3.33. The average Bonchev–Trinajstić information content (AvgIpc) is 3.45. The van der Waals surface area contributed by atoms with Gasteiger partial charge < -0.3 is 40.6 Å². The summed E-state index contributed by atoms with van der Waals surface area (Å²) in [5, 5.41) is 4.74. The third-order valence-corrected chi connectivity index (χ3v) is 8.31. The number of rotatable bonds is 13. The highest BCUT2D eigenvalue weighted by atomic mass is 32.1. The van der Waals surface area contributed by atoms with Crippen LogP contribution in [0.15, 0.2) is 46.8 Å². The first kappa shape index (κ1) is 32.6. The number of carbonyl (C=O) groups is 2. The Morgan fingerprint density at radius 2 is 1.64 bits per heavy atom. The van der Waals surface area contributed by atoms with Crippen LogP contribution in [0.25, 0.3) is 0 Å². The molecule has 0 saturated carbocycles. The van der Waals surface area contributed by atoms with Gasteiger partial charge in [0, 0.05) is 50.4 Å². The molecule has 1 aliphatic heterocycles. The van der Waals surface area contributed by atoms with Crippen molar-refractivity contribution in [3.05, 3.63) is 63.3 Å². The van der Waals surface area contributed by atoms with Crippen LogP contribution in [0.2, 0.25) is 0 Å². The topological polar surface area (TPSA) is 154 Å². The summed E-state index contributed by atoms with van der Waals surface area (Å²) in [4.78, 5) is 34.3. The Kier molecular flexibility index (Phi) is 11.4. The largest absolute Gasteiger partial charge is 0.493 e. The Morgan fingerprint density at radius 1 is 0.932 bits per heavy atom. The second-order valence-corrected chi connectivity index (χ2v) is 11.2. The summed E-state index contributed by atoms with van der Waals surface area (Å²) in [6.07, 6.45) is 0.787. The van der Waals surface area contributed by atoms with Gasteiger partial charge in [-0.3, -0.25) is 14.5 Å². The molecule has 1 fully saturated rings. The van der Waals surface area contributed by atoms with E-state index in [1.165, 1.54) is 17.4 Å². The van der Waals surface area contributed by atoms with Crippen molar-refractivity contribution in [3.63, 3.8) is 0 Å². The molecule has 2 heterocycles. The Balaban J connectivity index is 1.31. The van der Waals surface area contributed by atoms with Crippen LogP contribution in [0.5, 0.6) is 23.0 Å². The number of anilines is 1. The lowest BCUT2D eigenvalue weighted by molar-refractivity contribution is 0.0998. The molecule has 1 aromatic heterocycles. The van der Waals surface area contributed by atoms with E-state index in [0.717, 1.165) is 56.8 Å². The molecule has 2 amide bonds. The Bertz CT molecular complexity index is 1480. The first-order valence-electron chi connectivity index (χ1n) is 14.2. The minimum Gasteiger partial charge on any atom is -0.493 e. The number of methoxy groups -OCH3 is 3. The number of hydrogen-bond donors (Lipinski definition) is 3. The summed E-state index contributed by atoms with van der Waals surface area (Å²) in [7, 11) is 4.86. The van der Waals surface area contributed by atoms with E-state index in [4.69, 9.17) is 30.4 Å². The maximum absolute atomic E-state index is 12.9. The van der Waals surface area contributed by atoms with Crippen LogP contribution in [-0.2, 0) is 6.54 Å². The summed E-state index contributed by atoms with van der Waals surface area (Å²) in [5.74, 6) is 1.17. The molecule has 1 aliphatic rings. The highest BCUT2D eigenvalue weighted by Crippen LogP contribution is 2.40. The SMILES string of the molecule is COc1ccc(CN2CCN(CCCOc3ccc(C(=O)N=C(N)N)cc3NC(=O)c3sccc3C)CC2)c(OC)c1OC. The molecule has 12 nitrogen and oxygen atoms in total. The van der Waals surface area contributed by atoms with E-state index in [1.807, 2.05) is 30.5 Å². The molecule has 0 bridgehead atoms. The summed E-state index contributed by atoms with van der Waals surface area (Å²) < 4.78 is 22.7. The van der Waals surface area contributed by atoms with Crippen LogP contribution >= 0.6 is 11.3 Å². The molecule has 0 spiro atoms. The number of nitrogens with two attached hydrogens (primary N) is 2. The van der Waals surface area contributed by atoms with Gasteiger partial charge in [-0.05, 0) is 54.6 Å². The van der Waals surface area contributed by atoms with Gasteiger partial charge in [0.1, 0.15) is 5.75 Å². The third kappa shape index (κ3) is 8.18. The molecule has 5 N–H and O–H groups in total. The van der Waals surface area contributed by atoms with E-state index in [1.54, 1.807) is 33.5 Å². The van der Waals surface area contributed by atoms with Crippen LogP contribution in [0.3, 0.4) is 0 Å². The molecule has 44 heavy (non-hydrogen) atoms.